The summed E-state index contributed by atoms with van der Waals surface area (Å²) in [6.45, 7) is 1.61. The zero-order valence-electron chi connectivity index (χ0n) is 9.29. The van der Waals surface area contributed by atoms with Gasteiger partial charge in [0.2, 0.25) is 0 Å². The lowest BCUT2D eigenvalue weighted by Gasteiger charge is -2.08. The van der Waals surface area contributed by atoms with E-state index >= 15 is 0 Å². The van der Waals surface area contributed by atoms with Gasteiger partial charge in [-0.15, -0.1) is 0 Å². The largest absolute Gasteiger partial charge is 0.395 e. The number of benzene rings is 1. The van der Waals surface area contributed by atoms with E-state index in [4.69, 9.17) is 16.7 Å². The number of hydrogen-bond acceptors (Lipinski definition) is 3. The number of aliphatic hydroxyl groups is 1. The van der Waals surface area contributed by atoms with Crippen LogP contribution in [0, 0.1) is 6.92 Å². The Hall–Kier alpha value is -1.59. The molecule has 3 N–H and O–H groups in total. The molecule has 0 heterocycles. The number of carbonyl (C=O) groups is 2. The van der Waals surface area contributed by atoms with Crippen molar-refractivity contribution in [2.24, 2.45) is 0 Å². The van der Waals surface area contributed by atoms with Crippen molar-refractivity contribution in [2.45, 2.75) is 6.92 Å². The molecule has 2 amide bonds. The minimum Gasteiger partial charge on any atom is -0.395 e. The van der Waals surface area contributed by atoms with E-state index in [-0.39, 0.29) is 13.2 Å². The molecular weight excluding hydrogens is 244 g/mol. The highest BCUT2D eigenvalue weighted by atomic mass is 35.5. The maximum Gasteiger partial charge on any atom is 0.313 e. The molecule has 0 aliphatic heterocycles. The zero-order chi connectivity index (χ0) is 12.8. The molecule has 0 fully saturated rings. The van der Waals surface area contributed by atoms with Crippen molar-refractivity contribution in [2.75, 3.05) is 18.5 Å². The van der Waals surface area contributed by atoms with E-state index in [1.807, 2.05) is 0 Å². The van der Waals surface area contributed by atoms with Crippen molar-refractivity contribution in [1.29, 1.82) is 0 Å². The molecule has 0 aromatic heterocycles. The number of aliphatic hydroxyl groups excluding tert-OH is 1. The summed E-state index contributed by atoms with van der Waals surface area (Å²) in [7, 11) is 0. The predicted molar refractivity (Wildman–Crippen MR) is 64.9 cm³/mol. The Labute approximate surface area is 104 Å². The van der Waals surface area contributed by atoms with Gasteiger partial charge in [-0.1, -0.05) is 11.6 Å². The average Bonchev–Trinajstić information content (AvgIpc) is 2.29. The number of anilines is 1. The second-order valence-electron chi connectivity index (χ2n) is 3.39. The van der Waals surface area contributed by atoms with Gasteiger partial charge in [0, 0.05) is 17.3 Å². The van der Waals surface area contributed by atoms with Crippen LogP contribution in [-0.2, 0) is 9.59 Å². The third-order valence-corrected chi connectivity index (χ3v) is 2.28. The third-order valence-electron chi connectivity index (χ3n) is 2.04. The maximum atomic E-state index is 11.4. The van der Waals surface area contributed by atoms with Crippen LogP contribution in [0.3, 0.4) is 0 Å². The van der Waals surface area contributed by atoms with Crippen molar-refractivity contribution in [3.05, 3.63) is 28.8 Å². The second-order valence-corrected chi connectivity index (χ2v) is 3.83. The first-order chi connectivity index (χ1) is 8.04. The molecule has 0 aliphatic rings. The van der Waals surface area contributed by atoms with Crippen molar-refractivity contribution in [3.8, 4) is 0 Å². The minimum absolute atomic E-state index is 0.0475. The van der Waals surface area contributed by atoms with Crippen LogP contribution in [-0.4, -0.2) is 30.1 Å². The molecule has 0 radical (unpaired) electrons. The minimum atomic E-state index is -0.784. The fraction of sp³-hybridized carbons (Fsp3) is 0.273. The highest BCUT2D eigenvalue weighted by Gasteiger charge is 2.13. The van der Waals surface area contributed by atoms with Gasteiger partial charge in [0.1, 0.15) is 0 Å². The lowest BCUT2D eigenvalue weighted by molar-refractivity contribution is -0.136. The number of nitrogens with one attached hydrogen (secondary N) is 2. The van der Waals surface area contributed by atoms with Gasteiger partial charge in [0.25, 0.3) is 0 Å². The van der Waals surface area contributed by atoms with E-state index in [9.17, 15) is 9.59 Å². The van der Waals surface area contributed by atoms with E-state index in [0.717, 1.165) is 5.56 Å². The standard InChI is InChI=1S/C11H13ClN2O3/c1-7-6-8(12)2-3-9(7)14-11(17)10(16)13-4-5-15/h2-3,6,15H,4-5H2,1H3,(H,13,16)(H,14,17). The molecule has 0 saturated heterocycles. The highest BCUT2D eigenvalue weighted by Crippen LogP contribution is 2.19. The molecule has 0 unspecified atom stereocenters. The maximum absolute atomic E-state index is 11.4. The summed E-state index contributed by atoms with van der Waals surface area (Å²) in [5, 5.41) is 13.8. The van der Waals surface area contributed by atoms with Crippen LogP contribution in [0.15, 0.2) is 18.2 Å². The average molecular weight is 257 g/mol. The van der Waals surface area contributed by atoms with Gasteiger partial charge >= 0.3 is 11.8 Å². The van der Waals surface area contributed by atoms with Gasteiger partial charge in [0.15, 0.2) is 0 Å². The number of halogens is 1. The quantitative estimate of drug-likeness (QED) is 0.697. The summed E-state index contributed by atoms with van der Waals surface area (Å²) in [5.41, 5.74) is 1.29. The molecule has 1 aromatic carbocycles. The Kier molecular flexibility index (Phi) is 4.93. The molecule has 1 aromatic rings. The van der Waals surface area contributed by atoms with Crippen LogP contribution in [0.5, 0.6) is 0 Å². The number of rotatable bonds is 3. The second kappa shape index (κ2) is 6.22. The van der Waals surface area contributed by atoms with Gasteiger partial charge in [-0.05, 0) is 30.7 Å². The zero-order valence-corrected chi connectivity index (χ0v) is 10.0. The monoisotopic (exact) mass is 256 g/mol. The van der Waals surface area contributed by atoms with E-state index in [1.165, 1.54) is 0 Å². The van der Waals surface area contributed by atoms with Crippen molar-refractivity contribution in [1.82, 2.24) is 5.32 Å². The Balaban J connectivity index is 2.64. The molecule has 0 atom stereocenters. The topological polar surface area (TPSA) is 78.4 Å². The first-order valence-electron chi connectivity index (χ1n) is 5.01. The molecule has 0 spiro atoms. The van der Waals surface area contributed by atoms with Gasteiger partial charge < -0.3 is 15.7 Å². The third kappa shape index (κ3) is 4.05. The van der Waals surface area contributed by atoms with E-state index in [1.54, 1.807) is 25.1 Å². The number of carbonyl (C=O) groups excluding carboxylic acids is 2. The van der Waals surface area contributed by atoms with Gasteiger partial charge in [-0.25, -0.2) is 0 Å². The van der Waals surface area contributed by atoms with Crippen LogP contribution in [0.25, 0.3) is 0 Å². The Morgan fingerprint density at radius 2 is 2.06 bits per heavy atom. The van der Waals surface area contributed by atoms with E-state index in [2.05, 4.69) is 10.6 Å². The molecule has 5 nitrogen and oxygen atoms in total. The fourth-order valence-corrected chi connectivity index (χ4v) is 1.42. The molecule has 1 rings (SSSR count). The Bertz CT molecular complexity index is 435. The van der Waals surface area contributed by atoms with Crippen molar-refractivity contribution < 1.29 is 14.7 Å². The summed E-state index contributed by atoms with van der Waals surface area (Å²) in [6.07, 6.45) is 0. The van der Waals surface area contributed by atoms with Crippen molar-refractivity contribution in [3.63, 3.8) is 0 Å². The molecule has 0 saturated carbocycles. The van der Waals surface area contributed by atoms with Crippen LogP contribution >= 0.6 is 11.6 Å². The lowest BCUT2D eigenvalue weighted by Crippen LogP contribution is -2.36. The van der Waals surface area contributed by atoms with Crippen molar-refractivity contribution >= 4 is 29.1 Å². The molecule has 6 heteroatoms. The summed E-state index contributed by atoms with van der Waals surface area (Å²) < 4.78 is 0. The first-order valence-corrected chi connectivity index (χ1v) is 5.38. The smallest absolute Gasteiger partial charge is 0.313 e. The van der Waals surface area contributed by atoms with Crippen LogP contribution in [0.1, 0.15) is 5.56 Å². The van der Waals surface area contributed by atoms with Crippen LogP contribution < -0.4 is 10.6 Å². The fourth-order valence-electron chi connectivity index (χ4n) is 1.20. The summed E-state index contributed by atoms with van der Waals surface area (Å²) in [6, 6.07) is 4.92. The summed E-state index contributed by atoms with van der Waals surface area (Å²) in [4.78, 5) is 22.6. The Morgan fingerprint density at radius 1 is 1.35 bits per heavy atom. The first kappa shape index (κ1) is 13.5. The molecule has 92 valence electrons. The Morgan fingerprint density at radius 3 is 2.65 bits per heavy atom. The SMILES string of the molecule is Cc1cc(Cl)ccc1NC(=O)C(=O)NCCO. The molecule has 0 aliphatic carbocycles. The molecular formula is C11H13ClN2O3. The van der Waals surface area contributed by atoms with Gasteiger partial charge in [-0.2, -0.15) is 0 Å². The predicted octanol–water partition coefficient (Wildman–Crippen LogP) is 0.695. The highest BCUT2D eigenvalue weighted by molar-refractivity contribution is 6.39. The van der Waals surface area contributed by atoms with Gasteiger partial charge in [0.05, 0.1) is 6.61 Å². The number of aryl methyl sites for hydroxylation is 1. The number of hydrogen-bond donors (Lipinski definition) is 3. The van der Waals surface area contributed by atoms with Crippen LogP contribution in [0.2, 0.25) is 5.02 Å². The normalized spacial score (nSPS) is 9.82. The summed E-state index contributed by atoms with van der Waals surface area (Å²) >= 11 is 5.76. The van der Waals surface area contributed by atoms with E-state index < -0.39 is 11.8 Å². The molecule has 17 heavy (non-hydrogen) atoms. The van der Waals surface area contributed by atoms with E-state index in [0.29, 0.717) is 10.7 Å². The summed E-state index contributed by atoms with van der Waals surface area (Å²) in [5.74, 6) is -1.56. The van der Waals surface area contributed by atoms with Gasteiger partial charge in [-0.3, -0.25) is 9.59 Å². The lowest BCUT2D eigenvalue weighted by atomic mass is 10.2. The number of amides is 2. The van der Waals surface area contributed by atoms with Crippen LogP contribution in [0.4, 0.5) is 5.69 Å². The molecule has 0 bridgehead atoms.